The number of hydrogen-bond acceptors (Lipinski definition) is 4. The maximum Gasteiger partial charge on any atom is 0.220 e. The second-order valence-electron chi connectivity index (χ2n) is 5.82. The van der Waals surface area contributed by atoms with Crippen LogP contribution < -0.4 is 14.8 Å². The molecule has 3 aromatic rings. The Bertz CT molecular complexity index is 872. The van der Waals surface area contributed by atoms with Crippen molar-refractivity contribution in [2.24, 2.45) is 0 Å². The Hall–Kier alpha value is -3.02. The number of hydrogen-bond donors (Lipinski definition) is 1. The molecule has 26 heavy (non-hydrogen) atoms. The van der Waals surface area contributed by atoms with Gasteiger partial charge < -0.3 is 19.4 Å². The number of ether oxygens (including phenoxy) is 2. The summed E-state index contributed by atoms with van der Waals surface area (Å²) in [6.07, 6.45) is 0.459. The number of rotatable bonds is 8. The highest BCUT2D eigenvalue weighted by Crippen LogP contribution is 2.19. The molecule has 2 aromatic carbocycles. The van der Waals surface area contributed by atoms with E-state index in [0.717, 1.165) is 28.4 Å². The van der Waals surface area contributed by atoms with Crippen molar-refractivity contribution in [2.45, 2.75) is 26.4 Å². The van der Waals surface area contributed by atoms with Gasteiger partial charge in [0.05, 0.1) is 31.2 Å². The van der Waals surface area contributed by atoms with Gasteiger partial charge in [0.25, 0.3) is 0 Å². The molecule has 1 heterocycles. The molecule has 0 saturated carbocycles. The summed E-state index contributed by atoms with van der Waals surface area (Å²) in [4.78, 5) is 16.2. The average molecular weight is 353 g/mol. The maximum absolute atomic E-state index is 11.6. The summed E-state index contributed by atoms with van der Waals surface area (Å²) in [5.41, 5.74) is 1.95. The molecular formula is C20H23N3O3. The van der Waals surface area contributed by atoms with Crippen molar-refractivity contribution < 1.29 is 14.3 Å². The van der Waals surface area contributed by atoms with Crippen LogP contribution in [-0.4, -0.2) is 29.2 Å². The van der Waals surface area contributed by atoms with E-state index in [9.17, 15) is 4.79 Å². The molecule has 0 spiro atoms. The highest BCUT2D eigenvalue weighted by molar-refractivity contribution is 5.77. The molecule has 0 unspecified atom stereocenters. The van der Waals surface area contributed by atoms with Gasteiger partial charge in [-0.1, -0.05) is 19.1 Å². The zero-order valence-electron chi connectivity index (χ0n) is 15.1. The van der Waals surface area contributed by atoms with Crippen LogP contribution in [0.2, 0.25) is 0 Å². The normalized spacial score (nSPS) is 10.7. The first-order valence-corrected chi connectivity index (χ1v) is 8.69. The number of carbonyl (C=O) groups excluding carboxylic acids is 1. The van der Waals surface area contributed by atoms with Crippen LogP contribution >= 0.6 is 0 Å². The molecule has 3 rings (SSSR count). The van der Waals surface area contributed by atoms with Gasteiger partial charge in [-0.15, -0.1) is 0 Å². The van der Waals surface area contributed by atoms with Gasteiger partial charge in [-0.2, -0.15) is 0 Å². The third-order valence-electron chi connectivity index (χ3n) is 4.14. The third-order valence-corrected chi connectivity index (χ3v) is 4.14. The van der Waals surface area contributed by atoms with Crippen LogP contribution in [0.5, 0.6) is 11.5 Å². The van der Waals surface area contributed by atoms with Gasteiger partial charge in [0.2, 0.25) is 5.91 Å². The van der Waals surface area contributed by atoms with Crippen LogP contribution in [0.4, 0.5) is 0 Å². The lowest BCUT2D eigenvalue weighted by Gasteiger charge is -2.11. The molecule has 0 radical (unpaired) electrons. The number of methoxy groups -OCH3 is 1. The molecule has 0 atom stereocenters. The lowest BCUT2D eigenvalue weighted by Crippen LogP contribution is -2.24. The largest absolute Gasteiger partial charge is 0.497 e. The number of imidazole rings is 1. The van der Waals surface area contributed by atoms with Gasteiger partial charge in [0, 0.05) is 6.42 Å². The maximum atomic E-state index is 11.6. The molecule has 0 aliphatic carbocycles. The van der Waals surface area contributed by atoms with Crippen molar-refractivity contribution in [3.05, 3.63) is 54.4 Å². The second-order valence-corrected chi connectivity index (χ2v) is 5.82. The van der Waals surface area contributed by atoms with E-state index in [2.05, 4.69) is 14.9 Å². The molecule has 0 bridgehead atoms. The van der Waals surface area contributed by atoms with Crippen LogP contribution in [0.3, 0.4) is 0 Å². The first-order chi connectivity index (χ1) is 12.7. The minimum absolute atomic E-state index is 0.0121. The molecule has 1 amide bonds. The summed E-state index contributed by atoms with van der Waals surface area (Å²) in [5.74, 6) is 2.42. The number of nitrogens with zero attached hydrogens (tertiary/aromatic N) is 2. The van der Waals surface area contributed by atoms with Gasteiger partial charge in [0.1, 0.15) is 23.9 Å². The van der Waals surface area contributed by atoms with E-state index in [1.807, 2.05) is 55.5 Å². The van der Waals surface area contributed by atoms with E-state index >= 15 is 0 Å². The minimum atomic E-state index is 0.0121. The van der Waals surface area contributed by atoms with E-state index in [1.54, 1.807) is 7.11 Å². The van der Waals surface area contributed by atoms with Gasteiger partial charge in [-0.25, -0.2) is 4.98 Å². The van der Waals surface area contributed by atoms with E-state index in [-0.39, 0.29) is 5.91 Å². The third kappa shape index (κ3) is 4.14. The lowest BCUT2D eigenvalue weighted by molar-refractivity contribution is -0.120. The molecule has 0 aliphatic heterocycles. The summed E-state index contributed by atoms with van der Waals surface area (Å²) >= 11 is 0. The molecule has 6 nitrogen and oxygen atoms in total. The molecule has 1 aromatic heterocycles. The van der Waals surface area contributed by atoms with Gasteiger partial charge >= 0.3 is 0 Å². The predicted octanol–water partition coefficient (Wildman–Crippen LogP) is 3.15. The fourth-order valence-corrected chi connectivity index (χ4v) is 2.74. The average Bonchev–Trinajstić information content (AvgIpc) is 3.04. The van der Waals surface area contributed by atoms with Crippen molar-refractivity contribution in [2.75, 3.05) is 13.7 Å². The number of aromatic nitrogens is 2. The van der Waals surface area contributed by atoms with Crippen molar-refractivity contribution in [1.29, 1.82) is 0 Å². The first-order valence-electron chi connectivity index (χ1n) is 8.69. The van der Waals surface area contributed by atoms with Crippen LogP contribution in [0.25, 0.3) is 11.0 Å². The van der Waals surface area contributed by atoms with Gasteiger partial charge in [0.15, 0.2) is 0 Å². The lowest BCUT2D eigenvalue weighted by atomic mass is 10.3. The van der Waals surface area contributed by atoms with Crippen molar-refractivity contribution in [3.8, 4) is 11.5 Å². The van der Waals surface area contributed by atoms with Gasteiger partial charge in [-0.3, -0.25) is 4.79 Å². The molecule has 0 aliphatic rings. The molecule has 136 valence electrons. The summed E-state index contributed by atoms with van der Waals surface area (Å²) in [6.45, 7) is 3.39. The van der Waals surface area contributed by atoms with Crippen LogP contribution in [0, 0.1) is 0 Å². The fourth-order valence-electron chi connectivity index (χ4n) is 2.74. The minimum Gasteiger partial charge on any atom is -0.497 e. The predicted molar refractivity (Wildman–Crippen MR) is 100 cm³/mol. The Balaban J connectivity index is 1.71. The Morgan fingerprint density at radius 3 is 2.58 bits per heavy atom. The van der Waals surface area contributed by atoms with E-state index in [1.165, 1.54) is 0 Å². The van der Waals surface area contributed by atoms with Crippen LogP contribution in [0.1, 0.15) is 19.2 Å². The Morgan fingerprint density at radius 1 is 1.12 bits per heavy atom. The molecule has 6 heteroatoms. The zero-order valence-corrected chi connectivity index (χ0v) is 15.1. The monoisotopic (exact) mass is 353 g/mol. The van der Waals surface area contributed by atoms with Crippen molar-refractivity contribution in [3.63, 3.8) is 0 Å². The second kappa shape index (κ2) is 8.38. The van der Waals surface area contributed by atoms with Crippen LogP contribution in [0.15, 0.2) is 48.5 Å². The Labute approximate surface area is 152 Å². The quantitative estimate of drug-likeness (QED) is 0.676. The first kappa shape index (κ1) is 17.8. The number of benzene rings is 2. The number of carbonyl (C=O) groups is 1. The standard InChI is InChI=1S/C20H23N3O3/c1-3-20(24)21-14-19-22-17-6-4-5-7-18(17)23(19)12-13-26-16-10-8-15(25-2)9-11-16/h4-11H,3,12-14H2,1-2H3,(H,21,24). The Kier molecular flexibility index (Phi) is 5.73. The summed E-state index contributed by atoms with van der Waals surface area (Å²) in [5, 5.41) is 2.89. The number of fused-ring (bicyclic) bond motifs is 1. The number of para-hydroxylation sites is 2. The van der Waals surface area contributed by atoms with Crippen molar-refractivity contribution in [1.82, 2.24) is 14.9 Å². The number of nitrogens with one attached hydrogen (secondary N) is 1. The fraction of sp³-hybridized carbons (Fsp3) is 0.300. The van der Waals surface area contributed by atoms with Gasteiger partial charge in [-0.05, 0) is 36.4 Å². The van der Waals surface area contributed by atoms with Crippen molar-refractivity contribution >= 4 is 16.9 Å². The SMILES string of the molecule is CCC(=O)NCc1nc2ccccc2n1CCOc1ccc(OC)cc1. The molecule has 1 N–H and O–H groups in total. The topological polar surface area (TPSA) is 65.4 Å². The number of amides is 1. The zero-order chi connectivity index (χ0) is 18.4. The molecular weight excluding hydrogens is 330 g/mol. The van der Waals surface area contributed by atoms with E-state index in [4.69, 9.17) is 9.47 Å². The smallest absolute Gasteiger partial charge is 0.220 e. The molecule has 0 saturated heterocycles. The summed E-state index contributed by atoms with van der Waals surface area (Å²) < 4.78 is 13.1. The Morgan fingerprint density at radius 2 is 1.85 bits per heavy atom. The summed E-state index contributed by atoms with van der Waals surface area (Å²) in [7, 11) is 1.64. The van der Waals surface area contributed by atoms with Crippen LogP contribution in [-0.2, 0) is 17.9 Å². The highest BCUT2D eigenvalue weighted by Gasteiger charge is 2.11. The summed E-state index contributed by atoms with van der Waals surface area (Å²) in [6, 6.07) is 15.4. The highest BCUT2D eigenvalue weighted by atomic mass is 16.5. The molecule has 0 fully saturated rings. The van der Waals surface area contributed by atoms with E-state index < -0.39 is 0 Å². The van der Waals surface area contributed by atoms with E-state index in [0.29, 0.717) is 26.1 Å².